The van der Waals surface area contributed by atoms with E-state index in [1.807, 2.05) is 26.0 Å². The number of allylic oxidation sites excluding steroid dienone is 1. The fraction of sp³-hybridized carbons (Fsp3) is 0.240. The molecule has 0 saturated carbocycles. The van der Waals surface area contributed by atoms with Gasteiger partial charge in [0.1, 0.15) is 0 Å². The second kappa shape index (κ2) is 9.97. The molecule has 35 heavy (non-hydrogen) atoms. The van der Waals surface area contributed by atoms with Crippen molar-refractivity contribution in [1.29, 1.82) is 0 Å². The zero-order valence-electron chi connectivity index (χ0n) is 19.4. The van der Waals surface area contributed by atoms with Crippen LogP contribution in [-0.2, 0) is 4.79 Å². The lowest BCUT2D eigenvalue weighted by Crippen LogP contribution is -2.43. The molecular formula is C25H23ClN4O4S. The van der Waals surface area contributed by atoms with E-state index in [2.05, 4.69) is 4.99 Å². The van der Waals surface area contributed by atoms with Crippen molar-refractivity contribution in [3.63, 3.8) is 0 Å². The number of carbonyl (C=O) groups is 1. The number of halogens is 1. The number of hydrogen-bond acceptors (Lipinski definition) is 6. The molecule has 180 valence electrons. The van der Waals surface area contributed by atoms with Crippen molar-refractivity contribution in [1.82, 2.24) is 9.47 Å². The van der Waals surface area contributed by atoms with E-state index < -0.39 is 11.0 Å². The van der Waals surface area contributed by atoms with Crippen molar-refractivity contribution in [2.24, 2.45) is 4.99 Å². The normalized spacial score (nSPS) is 15.5. The maximum atomic E-state index is 13.6. The smallest absolute Gasteiger partial charge is 0.271 e. The van der Waals surface area contributed by atoms with E-state index >= 15 is 0 Å². The number of benzene rings is 2. The van der Waals surface area contributed by atoms with Crippen LogP contribution in [0.5, 0.6) is 0 Å². The highest BCUT2D eigenvalue weighted by molar-refractivity contribution is 7.07. The Hall–Kier alpha value is -3.56. The third-order valence-corrected chi connectivity index (χ3v) is 7.13. The lowest BCUT2D eigenvalue weighted by atomic mass is 9.94. The summed E-state index contributed by atoms with van der Waals surface area (Å²) in [5.41, 5.74) is 2.10. The van der Waals surface area contributed by atoms with Crippen LogP contribution in [0.4, 0.5) is 5.69 Å². The molecule has 0 spiro atoms. The van der Waals surface area contributed by atoms with Gasteiger partial charge in [0.15, 0.2) is 4.80 Å². The summed E-state index contributed by atoms with van der Waals surface area (Å²) in [7, 11) is 0. The van der Waals surface area contributed by atoms with Crippen molar-refractivity contribution in [3.8, 4) is 0 Å². The van der Waals surface area contributed by atoms with Crippen LogP contribution in [0.1, 0.15) is 37.9 Å². The molecule has 8 nitrogen and oxygen atoms in total. The molecule has 10 heteroatoms. The predicted octanol–water partition coefficient (Wildman–Crippen LogP) is 3.67. The molecule has 2 heterocycles. The third kappa shape index (κ3) is 4.69. The molecule has 3 aromatic rings. The maximum Gasteiger partial charge on any atom is 0.271 e. The molecule has 0 N–H and O–H groups in total. The van der Waals surface area contributed by atoms with Crippen LogP contribution in [0, 0.1) is 10.1 Å². The van der Waals surface area contributed by atoms with Crippen LogP contribution in [-0.4, -0.2) is 33.4 Å². The standard InChI is InChI=1S/C25H23ClN4O4S/c1-4-28(5-2)24(32)21-15(3)27-25-29(22(21)17-8-10-18(26)11-9-17)23(31)20(35-25)14-16-6-12-19(13-7-16)30(33)34/h6-14,22H,4-5H2,1-3H3/b20-14+/t22-/m1/s1. The summed E-state index contributed by atoms with van der Waals surface area (Å²) in [6.07, 6.45) is 1.68. The first kappa shape index (κ1) is 24.6. The van der Waals surface area contributed by atoms with Crippen molar-refractivity contribution in [2.45, 2.75) is 26.8 Å². The van der Waals surface area contributed by atoms with Crippen LogP contribution in [0.2, 0.25) is 5.02 Å². The van der Waals surface area contributed by atoms with E-state index in [1.54, 1.807) is 46.7 Å². The largest absolute Gasteiger partial charge is 0.339 e. The minimum Gasteiger partial charge on any atom is -0.339 e. The van der Waals surface area contributed by atoms with Crippen LogP contribution in [0.25, 0.3) is 6.08 Å². The number of rotatable bonds is 6. The first-order chi connectivity index (χ1) is 16.7. The molecule has 1 aliphatic rings. The summed E-state index contributed by atoms with van der Waals surface area (Å²) in [6.45, 7) is 6.67. The average molecular weight is 511 g/mol. The number of aromatic nitrogens is 1. The molecule has 1 aliphatic heterocycles. The fourth-order valence-corrected chi connectivity index (χ4v) is 5.25. The van der Waals surface area contributed by atoms with Gasteiger partial charge in [-0.3, -0.25) is 24.3 Å². The van der Waals surface area contributed by atoms with Gasteiger partial charge in [-0.1, -0.05) is 35.1 Å². The molecule has 1 aromatic heterocycles. The number of non-ortho nitro benzene ring substituents is 1. The van der Waals surface area contributed by atoms with E-state index in [0.29, 0.717) is 44.3 Å². The van der Waals surface area contributed by atoms with Gasteiger partial charge in [-0.15, -0.1) is 0 Å². The Labute approximate surface area is 210 Å². The van der Waals surface area contributed by atoms with Gasteiger partial charge in [-0.2, -0.15) is 0 Å². The van der Waals surface area contributed by atoms with Crippen LogP contribution in [0.3, 0.4) is 0 Å². The SMILES string of the molecule is CCN(CC)C(=O)C1=C(C)N=c2s/c(=C/c3ccc([N+](=O)[O-])cc3)c(=O)n2[C@@H]1c1ccc(Cl)cc1. The number of likely N-dealkylation sites (N-methyl/N-ethyl adjacent to an activating group) is 1. The van der Waals surface area contributed by atoms with Crippen molar-refractivity contribution >= 4 is 40.6 Å². The van der Waals surface area contributed by atoms with E-state index in [1.165, 1.54) is 23.5 Å². The molecule has 0 aliphatic carbocycles. The highest BCUT2D eigenvalue weighted by Gasteiger charge is 2.34. The second-order valence-electron chi connectivity index (χ2n) is 7.96. The summed E-state index contributed by atoms with van der Waals surface area (Å²) >= 11 is 7.33. The molecular weight excluding hydrogens is 488 g/mol. The van der Waals surface area contributed by atoms with Crippen LogP contribution in [0.15, 0.2) is 69.6 Å². The van der Waals surface area contributed by atoms with Gasteiger partial charge in [-0.05, 0) is 62.2 Å². The molecule has 2 aromatic carbocycles. The number of nitrogens with zero attached hydrogens (tertiary/aromatic N) is 4. The van der Waals surface area contributed by atoms with Crippen LogP contribution < -0.4 is 14.9 Å². The topological polar surface area (TPSA) is 97.8 Å². The second-order valence-corrected chi connectivity index (χ2v) is 9.40. The van der Waals surface area contributed by atoms with E-state index in [0.717, 1.165) is 5.56 Å². The number of nitro benzene ring substituents is 1. The monoisotopic (exact) mass is 510 g/mol. The van der Waals surface area contributed by atoms with Gasteiger partial charge in [0.2, 0.25) is 0 Å². The lowest BCUT2D eigenvalue weighted by Gasteiger charge is -2.29. The Morgan fingerprint density at radius 2 is 1.80 bits per heavy atom. The minimum absolute atomic E-state index is 0.0264. The number of carbonyl (C=O) groups excluding carboxylic acids is 1. The number of thiazole rings is 1. The summed E-state index contributed by atoms with van der Waals surface area (Å²) in [6, 6.07) is 12.4. The summed E-state index contributed by atoms with van der Waals surface area (Å²) in [5.74, 6) is -0.166. The van der Waals surface area contributed by atoms with Gasteiger partial charge in [0, 0.05) is 30.2 Å². The van der Waals surface area contributed by atoms with Gasteiger partial charge in [0.25, 0.3) is 17.2 Å². The Morgan fingerprint density at radius 1 is 1.17 bits per heavy atom. The first-order valence-electron chi connectivity index (χ1n) is 11.1. The molecule has 0 fully saturated rings. The van der Waals surface area contributed by atoms with E-state index in [-0.39, 0.29) is 17.2 Å². The summed E-state index contributed by atoms with van der Waals surface area (Å²) in [4.78, 5) is 44.5. The Balaban J connectivity index is 1.91. The van der Waals surface area contributed by atoms with Gasteiger partial charge >= 0.3 is 0 Å². The van der Waals surface area contributed by atoms with Gasteiger partial charge in [0.05, 0.1) is 26.8 Å². The van der Waals surface area contributed by atoms with E-state index in [9.17, 15) is 19.7 Å². The molecule has 0 unspecified atom stereocenters. The molecule has 0 bridgehead atoms. The summed E-state index contributed by atoms with van der Waals surface area (Å²) < 4.78 is 1.97. The van der Waals surface area contributed by atoms with Crippen molar-refractivity contribution in [3.05, 3.63) is 106 Å². The van der Waals surface area contributed by atoms with Crippen LogP contribution >= 0.6 is 22.9 Å². The Morgan fingerprint density at radius 3 is 2.37 bits per heavy atom. The number of nitro groups is 1. The van der Waals surface area contributed by atoms with Gasteiger partial charge in [-0.25, -0.2) is 4.99 Å². The zero-order chi connectivity index (χ0) is 25.3. The van der Waals surface area contributed by atoms with Crippen molar-refractivity contribution in [2.75, 3.05) is 13.1 Å². The number of amides is 1. The predicted molar refractivity (Wildman–Crippen MR) is 136 cm³/mol. The first-order valence-corrected chi connectivity index (χ1v) is 12.3. The number of hydrogen-bond donors (Lipinski definition) is 0. The lowest BCUT2D eigenvalue weighted by molar-refractivity contribution is -0.384. The highest BCUT2D eigenvalue weighted by Crippen LogP contribution is 2.31. The quantitative estimate of drug-likeness (QED) is 0.373. The Bertz CT molecular complexity index is 1500. The Kier molecular flexibility index (Phi) is 7.00. The maximum absolute atomic E-state index is 13.6. The third-order valence-electron chi connectivity index (χ3n) is 5.89. The molecule has 1 amide bonds. The van der Waals surface area contributed by atoms with E-state index in [4.69, 9.17) is 11.6 Å². The fourth-order valence-electron chi connectivity index (χ4n) is 4.08. The average Bonchev–Trinajstić information content (AvgIpc) is 3.14. The minimum atomic E-state index is -0.657. The summed E-state index contributed by atoms with van der Waals surface area (Å²) in [5, 5.41) is 11.5. The molecule has 1 atom stereocenters. The molecule has 4 rings (SSSR count). The van der Waals surface area contributed by atoms with Gasteiger partial charge < -0.3 is 4.90 Å². The molecule has 0 saturated heterocycles. The molecule has 0 radical (unpaired) electrons. The number of fused-ring (bicyclic) bond motifs is 1. The van der Waals surface area contributed by atoms with Crippen molar-refractivity contribution < 1.29 is 9.72 Å². The zero-order valence-corrected chi connectivity index (χ0v) is 21.0. The highest BCUT2D eigenvalue weighted by atomic mass is 35.5.